The summed E-state index contributed by atoms with van der Waals surface area (Å²) in [5.74, 6) is 0.806. The van der Waals surface area contributed by atoms with Crippen molar-refractivity contribution in [2.24, 2.45) is 0 Å². The second kappa shape index (κ2) is 9.96. The van der Waals surface area contributed by atoms with Gasteiger partial charge in [-0.05, 0) is 50.5 Å². The molecule has 1 amide bonds. The minimum atomic E-state index is -0.147. The monoisotopic (exact) mass is 405 g/mol. The molecule has 1 aromatic carbocycles. The number of piperidine rings is 1. The predicted octanol–water partition coefficient (Wildman–Crippen LogP) is 4.26. The van der Waals surface area contributed by atoms with E-state index in [-0.39, 0.29) is 18.2 Å². The highest BCUT2D eigenvalue weighted by Crippen LogP contribution is 2.28. The smallest absolute Gasteiger partial charge is 0.410 e. The van der Waals surface area contributed by atoms with Crippen LogP contribution in [0.15, 0.2) is 24.3 Å². The van der Waals surface area contributed by atoms with Gasteiger partial charge in [0.1, 0.15) is 12.4 Å². The van der Waals surface area contributed by atoms with Gasteiger partial charge in [-0.3, -0.25) is 4.90 Å². The van der Waals surface area contributed by atoms with E-state index in [0.29, 0.717) is 18.3 Å². The van der Waals surface area contributed by atoms with Crippen molar-refractivity contribution in [2.75, 3.05) is 31.6 Å². The lowest BCUT2D eigenvalue weighted by molar-refractivity contribution is 0.122. The Morgan fingerprint density at radius 1 is 1.29 bits per heavy atom. The number of ether oxygens (including phenoxy) is 2. The molecule has 154 valence electrons. The number of anilines is 1. The van der Waals surface area contributed by atoms with Crippen LogP contribution in [0.3, 0.4) is 0 Å². The van der Waals surface area contributed by atoms with Crippen LogP contribution in [-0.2, 0) is 4.74 Å². The van der Waals surface area contributed by atoms with Gasteiger partial charge in [-0.15, -0.1) is 0 Å². The highest BCUT2D eigenvalue weighted by molar-refractivity contribution is 7.80. The van der Waals surface area contributed by atoms with Gasteiger partial charge in [-0.25, -0.2) is 4.79 Å². The molecular formula is C21H31N3O3S. The minimum Gasteiger partial charge on any atom is -0.492 e. The van der Waals surface area contributed by atoms with E-state index in [1.807, 2.05) is 36.1 Å². The Labute approximate surface area is 173 Å². The number of nitrogens with zero attached hydrogens (tertiary/aromatic N) is 2. The van der Waals surface area contributed by atoms with Crippen LogP contribution in [0, 0.1) is 0 Å². The lowest BCUT2D eigenvalue weighted by Gasteiger charge is -2.39. The molecule has 0 bridgehead atoms. The molecule has 2 heterocycles. The first-order valence-corrected chi connectivity index (χ1v) is 10.8. The van der Waals surface area contributed by atoms with Gasteiger partial charge in [0.05, 0.1) is 18.3 Å². The number of para-hydroxylation sites is 2. The van der Waals surface area contributed by atoms with Crippen molar-refractivity contribution >= 4 is 29.1 Å². The molecule has 28 heavy (non-hydrogen) atoms. The van der Waals surface area contributed by atoms with E-state index < -0.39 is 0 Å². The molecule has 1 aromatic rings. The molecular weight excluding hydrogens is 374 g/mol. The predicted molar refractivity (Wildman–Crippen MR) is 115 cm³/mol. The summed E-state index contributed by atoms with van der Waals surface area (Å²) in [7, 11) is 0. The molecule has 0 radical (unpaired) electrons. The average Bonchev–Trinajstić information content (AvgIpc) is 3.08. The maximum atomic E-state index is 12.2. The zero-order chi connectivity index (χ0) is 19.9. The van der Waals surface area contributed by atoms with E-state index >= 15 is 0 Å². The molecule has 2 saturated heterocycles. The molecule has 7 heteroatoms. The minimum absolute atomic E-state index is 0.147. The van der Waals surface area contributed by atoms with Crippen molar-refractivity contribution in [1.82, 2.24) is 9.80 Å². The van der Waals surface area contributed by atoms with Gasteiger partial charge in [-0.1, -0.05) is 31.9 Å². The molecule has 0 aliphatic carbocycles. The third-order valence-corrected chi connectivity index (χ3v) is 5.83. The number of hydrogen-bond acceptors (Lipinski definition) is 4. The number of likely N-dealkylation sites (tertiary alicyclic amines) is 1. The fourth-order valence-electron chi connectivity index (χ4n) is 3.97. The summed E-state index contributed by atoms with van der Waals surface area (Å²) in [4.78, 5) is 16.4. The molecule has 1 unspecified atom stereocenters. The SMILES string of the molecule is CCCCC1COC(=O)N1C1CCN(C(=S)Nc2ccccc2OCC)CC1. The summed E-state index contributed by atoms with van der Waals surface area (Å²) in [6, 6.07) is 8.31. The molecule has 0 spiro atoms. The number of hydrogen-bond donors (Lipinski definition) is 1. The first-order valence-electron chi connectivity index (χ1n) is 10.4. The summed E-state index contributed by atoms with van der Waals surface area (Å²) < 4.78 is 11.0. The maximum Gasteiger partial charge on any atom is 0.410 e. The second-order valence-electron chi connectivity index (χ2n) is 7.36. The lowest BCUT2D eigenvalue weighted by Crippen LogP contribution is -2.50. The number of cyclic esters (lactones) is 1. The Morgan fingerprint density at radius 2 is 2.04 bits per heavy atom. The van der Waals surface area contributed by atoms with Crippen molar-refractivity contribution in [3.8, 4) is 5.75 Å². The first kappa shape index (κ1) is 20.7. The van der Waals surface area contributed by atoms with Crippen LogP contribution in [0.25, 0.3) is 0 Å². The Bertz CT molecular complexity index is 677. The fraction of sp³-hybridized carbons (Fsp3) is 0.619. The van der Waals surface area contributed by atoms with Crippen molar-refractivity contribution in [3.05, 3.63) is 24.3 Å². The molecule has 1 atom stereocenters. The van der Waals surface area contributed by atoms with E-state index in [9.17, 15) is 4.79 Å². The number of unbranched alkanes of at least 4 members (excludes halogenated alkanes) is 1. The van der Waals surface area contributed by atoms with Gasteiger partial charge < -0.3 is 19.7 Å². The lowest BCUT2D eigenvalue weighted by atomic mass is 10.0. The molecule has 2 aliphatic rings. The summed E-state index contributed by atoms with van der Waals surface area (Å²) in [6.45, 7) is 6.96. The van der Waals surface area contributed by atoms with Crippen LogP contribution in [0.5, 0.6) is 5.75 Å². The van der Waals surface area contributed by atoms with Crippen molar-refractivity contribution < 1.29 is 14.3 Å². The summed E-state index contributed by atoms with van der Waals surface area (Å²) >= 11 is 5.63. The third kappa shape index (κ3) is 4.87. The molecule has 2 aliphatic heterocycles. The van der Waals surface area contributed by atoms with Crippen molar-refractivity contribution in [3.63, 3.8) is 0 Å². The Hall–Kier alpha value is -2.02. The van der Waals surface area contributed by atoms with E-state index in [0.717, 1.165) is 56.6 Å². The van der Waals surface area contributed by atoms with Gasteiger partial charge in [-0.2, -0.15) is 0 Å². The molecule has 0 aromatic heterocycles. The average molecular weight is 406 g/mol. The van der Waals surface area contributed by atoms with Gasteiger partial charge in [0, 0.05) is 19.1 Å². The maximum absolute atomic E-state index is 12.2. The number of thiocarbonyl (C=S) groups is 1. The number of nitrogens with one attached hydrogen (secondary N) is 1. The van der Waals surface area contributed by atoms with Gasteiger partial charge in [0.25, 0.3) is 0 Å². The highest BCUT2D eigenvalue weighted by atomic mass is 32.1. The zero-order valence-electron chi connectivity index (χ0n) is 16.9. The Balaban J connectivity index is 1.55. The number of carbonyl (C=O) groups is 1. The number of rotatable bonds is 7. The largest absolute Gasteiger partial charge is 0.492 e. The van der Waals surface area contributed by atoms with Crippen LogP contribution < -0.4 is 10.1 Å². The van der Waals surface area contributed by atoms with Crippen LogP contribution >= 0.6 is 12.2 Å². The Morgan fingerprint density at radius 3 is 2.75 bits per heavy atom. The summed E-state index contributed by atoms with van der Waals surface area (Å²) in [6.07, 6.45) is 4.96. The van der Waals surface area contributed by atoms with E-state index in [1.54, 1.807) is 0 Å². The highest BCUT2D eigenvalue weighted by Gasteiger charge is 2.39. The summed E-state index contributed by atoms with van der Waals surface area (Å²) in [5, 5.41) is 4.03. The molecule has 0 saturated carbocycles. The number of carbonyl (C=O) groups excluding carboxylic acids is 1. The zero-order valence-corrected chi connectivity index (χ0v) is 17.7. The molecule has 2 fully saturated rings. The van der Waals surface area contributed by atoms with E-state index in [4.69, 9.17) is 21.7 Å². The van der Waals surface area contributed by atoms with E-state index in [1.165, 1.54) is 0 Å². The van der Waals surface area contributed by atoms with Gasteiger partial charge in [0.15, 0.2) is 5.11 Å². The van der Waals surface area contributed by atoms with Crippen molar-refractivity contribution in [2.45, 2.75) is 58.0 Å². The van der Waals surface area contributed by atoms with Gasteiger partial charge in [0.2, 0.25) is 0 Å². The first-order chi connectivity index (χ1) is 13.6. The molecule has 1 N–H and O–H groups in total. The van der Waals surface area contributed by atoms with Crippen LogP contribution in [0.2, 0.25) is 0 Å². The quantitative estimate of drug-likeness (QED) is 0.684. The number of benzene rings is 1. The van der Waals surface area contributed by atoms with Crippen LogP contribution in [0.4, 0.5) is 10.5 Å². The number of amides is 1. The van der Waals surface area contributed by atoms with Crippen LogP contribution in [-0.4, -0.2) is 59.4 Å². The standard InChI is InChI=1S/C21H31N3O3S/c1-3-5-8-17-15-27-21(25)24(17)16-11-13-23(14-12-16)20(28)22-18-9-6-7-10-19(18)26-4-2/h6-7,9-10,16-17H,3-5,8,11-15H2,1-2H3,(H,22,28). The van der Waals surface area contributed by atoms with E-state index in [2.05, 4.69) is 17.1 Å². The Kier molecular flexibility index (Phi) is 7.36. The van der Waals surface area contributed by atoms with Gasteiger partial charge >= 0.3 is 6.09 Å². The fourth-order valence-corrected chi connectivity index (χ4v) is 4.27. The van der Waals surface area contributed by atoms with Crippen LogP contribution in [0.1, 0.15) is 46.0 Å². The van der Waals surface area contributed by atoms with Crippen molar-refractivity contribution in [1.29, 1.82) is 0 Å². The molecule has 3 rings (SSSR count). The molecule has 6 nitrogen and oxygen atoms in total. The topological polar surface area (TPSA) is 54.0 Å². The summed E-state index contributed by atoms with van der Waals surface area (Å²) in [5.41, 5.74) is 0.888. The second-order valence-corrected chi connectivity index (χ2v) is 7.74. The normalized spacial score (nSPS) is 20.2. The third-order valence-electron chi connectivity index (χ3n) is 5.47.